The highest BCUT2D eigenvalue weighted by atomic mass is 19.1. The summed E-state index contributed by atoms with van der Waals surface area (Å²) in [5.41, 5.74) is 1.57. The zero-order valence-electron chi connectivity index (χ0n) is 9.26. The van der Waals surface area contributed by atoms with Crippen molar-refractivity contribution in [1.29, 1.82) is 0 Å². The zero-order chi connectivity index (χ0) is 11.3. The number of benzene rings is 1. The Hall–Kier alpha value is -0.960. The predicted octanol–water partition coefficient (Wildman–Crippen LogP) is 3.12. The predicted molar refractivity (Wildman–Crippen MR) is 58.2 cm³/mol. The van der Waals surface area contributed by atoms with Gasteiger partial charge in [-0.05, 0) is 41.9 Å². The Morgan fingerprint density at radius 1 is 1.25 bits per heavy atom. The second-order valence-corrected chi connectivity index (χ2v) is 5.01. The number of halogens is 2. The van der Waals surface area contributed by atoms with Gasteiger partial charge in [-0.15, -0.1) is 0 Å². The molecule has 1 aromatic rings. The first-order valence-corrected chi connectivity index (χ1v) is 5.89. The standard InChI is InChI=1S/C13H15F2N/c1-7-6-16-13(8-2-3-8)10-4-9(14)5-11(15)12(7)10/h4-5,7-8,13,16H,2-3,6H2,1H3. The Morgan fingerprint density at radius 2 is 2.00 bits per heavy atom. The Balaban J connectivity index is 2.12. The molecule has 2 aliphatic rings. The fraction of sp³-hybridized carbons (Fsp3) is 0.538. The van der Waals surface area contributed by atoms with E-state index in [4.69, 9.17) is 0 Å². The molecule has 0 spiro atoms. The van der Waals surface area contributed by atoms with Crippen LogP contribution in [-0.4, -0.2) is 6.54 Å². The quantitative estimate of drug-likeness (QED) is 0.771. The Morgan fingerprint density at radius 3 is 2.69 bits per heavy atom. The highest BCUT2D eigenvalue weighted by Crippen LogP contribution is 2.45. The number of rotatable bonds is 1. The fourth-order valence-corrected chi connectivity index (χ4v) is 2.75. The largest absolute Gasteiger partial charge is 0.309 e. The molecule has 16 heavy (non-hydrogen) atoms. The minimum absolute atomic E-state index is 0.130. The molecule has 3 heteroatoms. The van der Waals surface area contributed by atoms with E-state index in [1.165, 1.54) is 18.9 Å². The average Bonchev–Trinajstić information content (AvgIpc) is 3.00. The molecule has 0 saturated heterocycles. The van der Waals surface area contributed by atoms with Crippen LogP contribution in [0, 0.1) is 17.6 Å². The number of hydrogen-bond acceptors (Lipinski definition) is 1. The summed E-state index contributed by atoms with van der Waals surface area (Å²) in [6.07, 6.45) is 2.34. The number of hydrogen-bond donors (Lipinski definition) is 1. The van der Waals surface area contributed by atoms with Crippen molar-refractivity contribution in [3.05, 3.63) is 34.9 Å². The first-order valence-electron chi connectivity index (χ1n) is 5.89. The van der Waals surface area contributed by atoms with E-state index in [2.05, 4.69) is 5.32 Å². The van der Waals surface area contributed by atoms with Gasteiger partial charge in [-0.1, -0.05) is 6.92 Å². The van der Waals surface area contributed by atoms with Crippen LogP contribution in [0.25, 0.3) is 0 Å². The van der Waals surface area contributed by atoms with Crippen LogP contribution in [0.1, 0.15) is 42.9 Å². The summed E-state index contributed by atoms with van der Waals surface area (Å²) in [6, 6.07) is 2.67. The van der Waals surface area contributed by atoms with E-state index < -0.39 is 5.82 Å². The zero-order valence-corrected chi connectivity index (χ0v) is 9.26. The van der Waals surface area contributed by atoms with Crippen LogP contribution in [0.4, 0.5) is 8.78 Å². The molecule has 2 atom stereocenters. The van der Waals surface area contributed by atoms with E-state index in [-0.39, 0.29) is 17.8 Å². The molecule has 1 heterocycles. The van der Waals surface area contributed by atoms with Gasteiger partial charge in [-0.25, -0.2) is 8.78 Å². The molecule has 0 radical (unpaired) electrons. The van der Waals surface area contributed by atoms with Crippen molar-refractivity contribution >= 4 is 0 Å². The average molecular weight is 223 g/mol. The monoisotopic (exact) mass is 223 g/mol. The SMILES string of the molecule is CC1CNC(C2CC2)c2cc(F)cc(F)c21. The molecular weight excluding hydrogens is 208 g/mol. The minimum atomic E-state index is -0.460. The lowest BCUT2D eigenvalue weighted by molar-refractivity contribution is 0.411. The third-order valence-corrected chi connectivity index (χ3v) is 3.69. The third-order valence-electron chi connectivity index (χ3n) is 3.69. The molecule has 1 saturated carbocycles. The van der Waals surface area contributed by atoms with Gasteiger partial charge in [0, 0.05) is 18.7 Å². The highest BCUT2D eigenvalue weighted by molar-refractivity contribution is 5.38. The molecule has 1 aromatic carbocycles. The molecule has 0 aromatic heterocycles. The second-order valence-electron chi connectivity index (χ2n) is 5.01. The van der Waals surface area contributed by atoms with Crippen molar-refractivity contribution in [2.45, 2.75) is 31.7 Å². The van der Waals surface area contributed by atoms with Crippen LogP contribution in [-0.2, 0) is 0 Å². The van der Waals surface area contributed by atoms with Crippen molar-refractivity contribution in [2.75, 3.05) is 6.54 Å². The van der Waals surface area contributed by atoms with Crippen molar-refractivity contribution in [2.24, 2.45) is 5.92 Å². The molecular formula is C13H15F2N. The van der Waals surface area contributed by atoms with E-state index in [0.717, 1.165) is 23.7 Å². The van der Waals surface area contributed by atoms with Gasteiger partial charge in [-0.3, -0.25) is 0 Å². The van der Waals surface area contributed by atoms with Gasteiger partial charge in [-0.2, -0.15) is 0 Å². The van der Waals surface area contributed by atoms with Crippen LogP contribution < -0.4 is 5.32 Å². The lowest BCUT2D eigenvalue weighted by Crippen LogP contribution is -2.34. The maximum absolute atomic E-state index is 13.8. The molecule has 1 aliphatic carbocycles. The van der Waals surface area contributed by atoms with Crippen molar-refractivity contribution in [1.82, 2.24) is 5.32 Å². The number of nitrogens with one attached hydrogen (secondary N) is 1. The van der Waals surface area contributed by atoms with Crippen molar-refractivity contribution < 1.29 is 8.78 Å². The summed E-state index contributed by atoms with van der Waals surface area (Å²) in [4.78, 5) is 0. The minimum Gasteiger partial charge on any atom is -0.309 e. The molecule has 2 unspecified atom stereocenters. The van der Waals surface area contributed by atoms with Crippen LogP contribution in [0.5, 0.6) is 0 Å². The van der Waals surface area contributed by atoms with E-state index in [0.29, 0.717) is 5.92 Å². The molecule has 1 aliphatic heterocycles. The van der Waals surface area contributed by atoms with Gasteiger partial charge in [0.1, 0.15) is 11.6 Å². The van der Waals surface area contributed by atoms with Gasteiger partial charge in [0.15, 0.2) is 0 Å². The Kier molecular flexibility index (Phi) is 2.25. The first-order chi connectivity index (χ1) is 7.66. The lowest BCUT2D eigenvalue weighted by atomic mass is 9.85. The summed E-state index contributed by atoms with van der Waals surface area (Å²) < 4.78 is 27.0. The van der Waals surface area contributed by atoms with Gasteiger partial charge < -0.3 is 5.32 Å². The van der Waals surface area contributed by atoms with Gasteiger partial charge in [0.05, 0.1) is 0 Å². The first kappa shape index (κ1) is 10.2. The Labute approximate surface area is 93.9 Å². The van der Waals surface area contributed by atoms with E-state index in [9.17, 15) is 8.78 Å². The highest BCUT2D eigenvalue weighted by Gasteiger charge is 2.37. The van der Waals surface area contributed by atoms with E-state index in [1.54, 1.807) is 0 Å². The second kappa shape index (κ2) is 3.52. The van der Waals surface area contributed by atoms with Crippen LogP contribution in [0.15, 0.2) is 12.1 Å². The summed E-state index contributed by atoms with van der Waals surface area (Å²) in [7, 11) is 0. The lowest BCUT2D eigenvalue weighted by Gasteiger charge is -2.31. The van der Waals surface area contributed by atoms with E-state index >= 15 is 0 Å². The van der Waals surface area contributed by atoms with Crippen molar-refractivity contribution in [3.63, 3.8) is 0 Å². The normalized spacial score (nSPS) is 28.9. The Bertz CT molecular complexity index is 426. The number of fused-ring (bicyclic) bond motifs is 1. The molecule has 1 fully saturated rings. The molecule has 3 rings (SSSR count). The van der Waals surface area contributed by atoms with Crippen LogP contribution >= 0.6 is 0 Å². The maximum Gasteiger partial charge on any atom is 0.129 e. The summed E-state index contributed by atoms with van der Waals surface area (Å²) in [6.45, 7) is 2.77. The van der Waals surface area contributed by atoms with Crippen molar-refractivity contribution in [3.8, 4) is 0 Å². The topological polar surface area (TPSA) is 12.0 Å². The molecule has 86 valence electrons. The van der Waals surface area contributed by atoms with Crippen LogP contribution in [0.2, 0.25) is 0 Å². The van der Waals surface area contributed by atoms with Gasteiger partial charge in [0.2, 0.25) is 0 Å². The van der Waals surface area contributed by atoms with Gasteiger partial charge in [0.25, 0.3) is 0 Å². The maximum atomic E-state index is 13.8. The summed E-state index contributed by atoms with van der Waals surface area (Å²) in [5, 5.41) is 3.41. The summed E-state index contributed by atoms with van der Waals surface area (Å²) >= 11 is 0. The fourth-order valence-electron chi connectivity index (χ4n) is 2.75. The van der Waals surface area contributed by atoms with Crippen LogP contribution in [0.3, 0.4) is 0 Å². The smallest absolute Gasteiger partial charge is 0.129 e. The van der Waals surface area contributed by atoms with Gasteiger partial charge >= 0.3 is 0 Å². The van der Waals surface area contributed by atoms with E-state index in [1.807, 2.05) is 6.92 Å². The molecule has 1 nitrogen and oxygen atoms in total. The third kappa shape index (κ3) is 1.54. The molecule has 0 bridgehead atoms. The molecule has 0 amide bonds. The molecule has 1 N–H and O–H groups in total. The summed E-state index contributed by atoms with van der Waals surface area (Å²) in [5.74, 6) is -0.134.